The number of nitrogens with one attached hydrogen (secondary N) is 1. The Hall–Kier alpha value is -1.82. The van der Waals surface area contributed by atoms with Gasteiger partial charge in [0, 0.05) is 20.8 Å². The van der Waals surface area contributed by atoms with E-state index < -0.39 is 64.3 Å². The molecule has 14 heteroatoms. The molecular formula is C15H18Cl3NO10. The average Bonchev–Trinajstić information content (AvgIpc) is 2.56. The van der Waals surface area contributed by atoms with Gasteiger partial charge in [0.15, 0.2) is 18.3 Å². The average molecular weight is 479 g/mol. The minimum absolute atomic E-state index is 0.861. The Labute approximate surface area is 180 Å². The zero-order chi connectivity index (χ0) is 22.5. The number of hydrogen-bond donors (Lipinski definition) is 1. The van der Waals surface area contributed by atoms with Crippen LogP contribution in [0.2, 0.25) is 0 Å². The summed E-state index contributed by atoms with van der Waals surface area (Å²) in [5.41, 5.74) is 0. The fourth-order valence-electron chi connectivity index (χ4n) is 2.36. The summed E-state index contributed by atoms with van der Waals surface area (Å²) in [6, 6.07) is 0. The SMILES string of the molecule is COC(=O)C1O[C@H](OC(=N)C(Cl)(Cl)Cl)[C@H](OC(C)=O)[C@@H](OC(C)=O)[C@@H]1OC(C)=O. The van der Waals surface area contributed by atoms with Gasteiger partial charge in [-0.2, -0.15) is 0 Å². The van der Waals surface area contributed by atoms with Gasteiger partial charge in [0.05, 0.1) is 7.11 Å². The molecule has 1 heterocycles. The van der Waals surface area contributed by atoms with Crippen molar-refractivity contribution in [3.8, 4) is 0 Å². The van der Waals surface area contributed by atoms with Gasteiger partial charge in [0.1, 0.15) is 0 Å². The number of alkyl halides is 3. The minimum Gasteiger partial charge on any atom is -0.467 e. The van der Waals surface area contributed by atoms with E-state index >= 15 is 0 Å². The van der Waals surface area contributed by atoms with Crippen molar-refractivity contribution in [1.82, 2.24) is 0 Å². The number of carbonyl (C=O) groups is 4. The third-order valence-electron chi connectivity index (χ3n) is 3.33. The molecule has 1 aliphatic rings. The van der Waals surface area contributed by atoms with Crippen LogP contribution < -0.4 is 0 Å². The monoisotopic (exact) mass is 477 g/mol. The number of ether oxygens (including phenoxy) is 6. The highest BCUT2D eigenvalue weighted by Crippen LogP contribution is 2.33. The molecule has 1 N–H and O–H groups in total. The maximum absolute atomic E-state index is 12.2. The Kier molecular flexibility index (Phi) is 8.94. The van der Waals surface area contributed by atoms with Crippen LogP contribution in [-0.2, 0) is 47.6 Å². The van der Waals surface area contributed by atoms with Crippen LogP contribution in [0, 0.1) is 5.41 Å². The molecule has 0 spiro atoms. The standard InChI is InChI=1S/C15H18Cl3NO10/c1-5(20)25-8-9(26-6(2)21)11(27-7(3)22)13(28-10(8)12(23)24-4)29-14(19)15(16,17)18/h8-11,13,19H,1-4H3/t8-,9-,10?,11+,13+/m0/s1. The molecule has 1 unspecified atom stereocenters. The maximum atomic E-state index is 12.2. The van der Waals surface area contributed by atoms with E-state index in [1.807, 2.05) is 0 Å². The Morgan fingerprint density at radius 3 is 1.69 bits per heavy atom. The normalized spacial score (nSPS) is 26.7. The van der Waals surface area contributed by atoms with E-state index in [2.05, 4.69) is 4.74 Å². The summed E-state index contributed by atoms with van der Waals surface area (Å²) in [6.45, 7) is 3.08. The summed E-state index contributed by atoms with van der Waals surface area (Å²) >= 11 is 16.7. The van der Waals surface area contributed by atoms with Crippen molar-refractivity contribution in [2.75, 3.05) is 7.11 Å². The molecule has 1 fully saturated rings. The maximum Gasteiger partial charge on any atom is 0.339 e. The molecule has 11 nitrogen and oxygen atoms in total. The van der Waals surface area contributed by atoms with Crippen LogP contribution in [0.3, 0.4) is 0 Å². The zero-order valence-electron chi connectivity index (χ0n) is 15.6. The zero-order valence-corrected chi connectivity index (χ0v) is 17.9. The first-order valence-corrected chi connectivity index (χ1v) is 8.98. The summed E-state index contributed by atoms with van der Waals surface area (Å²) < 4.78 is 28.0. The number of rotatable bonds is 5. The van der Waals surface area contributed by atoms with E-state index in [0.29, 0.717) is 0 Å². The molecule has 0 aromatic carbocycles. The second-order valence-electron chi connectivity index (χ2n) is 5.62. The number of halogens is 3. The predicted molar refractivity (Wildman–Crippen MR) is 96.4 cm³/mol. The quantitative estimate of drug-likeness (QED) is 0.200. The van der Waals surface area contributed by atoms with Crippen molar-refractivity contribution in [3.63, 3.8) is 0 Å². The van der Waals surface area contributed by atoms with Crippen molar-refractivity contribution in [3.05, 3.63) is 0 Å². The second-order valence-corrected chi connectivity index (χ2v) is 7.90. The van der Waals surface area contributed by atoms with E-state index in [9.17, 15) is 19.2 Å². The Balaban J connectivity index is 3.44. The molecule has 1 saturated heterocycles. The topological polar surface area (TPSA) is 148 Å². The highest BCUT2D eigenvalue weighted by atomic mass is 35.6. The number of esters is 4. The van der Waals surface area contributed by atoms with Gasteiger partial charge in [-0.15, -0.1) is 0 Å². The van der Waals surface area contributed by atoms with Crippen LogP contribution in [0.15, 0.2) is 0 Å². The van der Waals surface area contributed by atoms with E-state index in [0.717, 1.165) is 27.9 Å². The number of hydrogen-bond acceptors (Lipinski definition) is 11. The third-order valence-corrected chi connectivity index (χ3v) is 3.84. The van der Waals surface area contributed by atoms with Crippen LogP contribution >= 0.6 is 34.8 Å². The van der Waals surface area contributed by atoms with Gasteiger partial charge >= 0.3 is 23.9 Å². The Morgan fingerprint density at radius 1 is 0.828 bits per heavy atom. The van der Waals surface area contributed by atoms with Crippen molar-refractivity contribution >= 4 is 64.6 Å². The molecule has 29 heavy (non-hydrogen) atoms. The fraction of sp³-hybridized carbons (Fsp3) is 0.667. The van der Waals surface area contributed by atoms with E-state index in [1.165, 1.54) is 0 Å². The summed E-state index contributed by atoms with van der Waals surface area (Å²) in [5.74, 6) is -4.59. The van der Waals surface area contributed by atoms with Gasteiger partial charge in [-0.1, -0.05) is 34.8 Å². The van der Waals surface area contributed by atoms with Crippen LogP contribution in [0.25, 0.3) is 0 Å². The smallest absolute Gasteiger partial charge is 0.339 e. The molecular weight excluding hydrogens is 461 g/mol. The first kappa shape index (κ1) is 25.2. The molecule has 0 aliphatic carbocycles. The summed E-state index contributed by atoms with van der Waals surface area (Å²) in [7, 11) is 1.02. The van der Waals surface area contributed by atoms with Crippen LogP contribution in [0.4, 0.5) is 0 Å². The molecule has 0 amide bonds. The number of carbonyl (C=O) groups excluding carboxylic acids is 4. The lowest BCUT2D eigenvalue weighted by Gasteiger charge is -2.43. The molecule has 1 aliphatic heterocycles. The van der Waals surface area contributed by atoms with Gasteiger partial charge in [-0.3, -0.25) is 19.8 Å². The van der Waals surface area contributed by atoms with Crippen molar-refractivity contribution in [2.45, 2.75) is 55.3 Å². The van der Waals surface area contributed by atoms with Gasteiger partial charge in [0.2, 0.25) is 18.3 Å². The van der Waals surface area contributed by atoms with Crippen LogP contribution in [0.5, 0.6) is 0 Å². The van der Waals surface area contributed by atoms with Crippen molar-refractivity contribution in [1.29, 1.82) is 5.41 Å². The lowest BCUT2D eigenvalue weighted by molar-refractivity contribution is -0.285. The van der Waals surface area contributed by atoms with Gasteiger partial charge in [-0.25, -0.2) is 4.79 Å². The highest BCUT2D eigenvalue weighted by Gasteiger charge is 2.56. The molecule has 0 aromatic heterocycles. The van der Waals surface area contributed by atoms with Gasteiger partial charge in [-0.05, 0) is 0 Å². The fourth-order valence-corrected chi connectivity index (χ4v) is 2.49. The minimum atomic E-state index is -2.32. The lowest BCUT2D eigenvalue weighted by Crippen LogP contribution is -2.64. The molecule has 1 rings (SSSR count). The Bertz CT molecular complexity index is 680. The molecule has 0 radical (unpaired) electrons. The van der Waals surface area contributed by atoms with Crippen molar-refractivity contribution < 1.29 is 47.6 Å². The molecule has 164 valence electrons. The van der Waals surface area contributed by atoms with Crippen LogP contribution in [0.1, 0.15) is 20.8 Å². The third kappa shape index (κ3) is 7.18. The number of methoxy groups -OCH3 is 1. The summed E-state index contributed by atoms with van der Waals surface area (Å²) in [6.07, 6.45) is -8.20. The summed E-state index contributed by atoms with van der Waals surface area (Å²) in [5, 5.41) is 7.69. The second kappa shape index (κ2) is 10.3. The Morgan fingerprint density at radius 2 is 1.28 bits per heavy atom. The van der Waals surface area contributed by atoms with Crippen molar-refractivity contribution in [2.24, 2.45) is 0 Å². The molecule has 0 aromatic rings. The first-order chi connectivity index (χ1) is 13.3. The molecule has 0 saturated carbocycles. The van der Waals surface area contributed by atoms with Crippen LogP contribution in [-0.4, -0.2) is 71.4 Å². The highest BCUT2D eigenvalue weighted by molar-refractivity contribution is 6.76. The van der Waals surface area contributed by atoms with Gasteiger partial charge in [0.25, 0.3) is 3.79 Å². The molecule has 0 bridgehead atoms. The van der Waals surface area contributed by atoms with E-state index in [4.69, 9.17) is 63.9 Å². The van der Waals surface area contributed by atoms with E-state index in [1.54, 1.807) is 0 Å². The van der Waals surface area contributed by atoms with E-state index in [-0.39, 0.29) is 0 Å². The first-order valence-electron chi connectivity index (χ1n) is 7.85. The van der Waals surface area contributed by atoms with Gasteiger partial charge < -0.3 is 28.4 Å². The molecule has 5 atom stereocenters. The lowest BCUT2D eigenvalue weighted by atomic mass is 9.97. The predicted octanol–water partition coefficient (Wildman–Crippen LogP) is 1.04. The largest absolute Gasteiger partial charge is 0.467 e. The summed E-state index contributed by atoms with van der Waals surface area (Å²) in [4.78, 5) is 46.9.